The molecule has 1 fully saturated rings. The zero-order valence-electron chi connectivity index (χ0n) is 16.4. The van der Waals surface area contributed by atoms with Gasteiger partial charge in [-0.1, -0.05) is 29.8 Å². The highest BCUT2D eigenvalue weighted by Gasteiger charge is 2.24. The molecule has 4 nitrogen and oxygen atoms in total. The number of anilines is 1. The minimum atomic E-state index is 0.419. The summed E-state index contributed by atoms with van der Waals surface area (Å²) in [4.78, 5) is 16.4. The quantitative estimate of drug-likeness (QED) is 0.618. The molecule has 0 N–H and O–H groups in total. The van der Waals surface area contributed by atoms with E-state index in [0.29, 0.717) is 5.92 Å². The summed E-state index contributed by atoms with van der Waals surface area (Å²) in [7, 11) is 0. The predicted octanol–water partition coefficient (Wildman–Crippen LogP) is 5.12. The second-order valence-electron chi connectivity index (χ2n) is 7.63. The molecule has 144 valence electrons. The van der Waals surface area contributed by atoms with Crippen molar-refractivity contribution < 1.29 is 0 Å². The highest BCUT2D eigenvalue weighted by atomic mass is 35.5. The fourth-order valence-electron chi connectivity index (χ4n) is 3.87. The van der Waals surface area contributed by atoms with Crippen LogP contribution in [0, 0.1) is 13.8 Å². The summed E-state index contributed by atoms with van der Waals surface area (Å²) in [6.45, 7) is 5.99. The van der Waals surface area contributed by atoms with E-state index in [4.69, 9.17) is 16.6 Å². The zero-order chi connectivity index (χ0) is 19.5. The van der Waals surface area contributed by atoms with Gasteiger partial charge in [0.25, 0.3) is 0 Å². The molecule has 3 aromatic rings. The summed E-state index contributed by atoms with van der Waals surface area (Å²) < 4.78 is 0. The summed E-state index contributed by atoms with van der Waals surface area (Å²) in [6.07, 6.45) is 5.17. The van der Waals surface area contributed by atoms with Gasteiger partial charge >= 0.3 is 0 Å². The van der Waals surface area contributed by atoms with Gasteiger partial charge in [0.15, 0.2) is 0 Å². The summed E-state index contributed by atoms with van der Waals surface area (Å²) >= 11 is 5.97. The Kier molecular flexibility index (Phi) is 5.58. The van der Waals surface area contributed by atoms with E-state index in [2.05, 4.69) is 39.1 Å². The monoisotopic (exact) mass is 392 g/mol. The Bertz CT molecular complexity index is 918. The van der Waals surface area contributed by atoms with Gasteiger partial charge in [0.2, 0.25) is 5.95 Å². The second-order valence-corrected chi connectivity index (χ2v) is 8.07. The highest BCUT2D eigenvalue weighted by molar-refractivity contribution is 6.30. The molecule has 1 saturated heterocycles. The maximum atomic E-state index is 5.97. The summed E-state index contributed by atoms with van der Waals surface area (Å²) in [5.41, 5.74) is 5.67. The van der Waals surface area contributed by atoms with Gasteiger partial charge in [0.1, 0.15) is 0 Å². The van der Waals surface area contributed by atoms with E-state index in [1.165, 1.54) is 11.1 Å². The van der Waals surface area contributed by atoms with Crippen molar-refractivity contribution >= 4 is 17.5 Å². The first kappa shape index (κ1) is 18.9. The first-order valence-corrected chi connectivity index (χ1v) is 10.2. The van der Waals surface area contributed by atoms with Crippen molar-refractivity contribution in [3.63, 3.8) is 0 Å². The number of nitrogens with zero attached hydrogens (tertiary/aromatic N) is 4. The number of benzene rings is 1. The van der Waals surface area contributed by atoms with Crippen molar-refractivity contribution in [3.05, 3.63) is 81.9 Å². The number of hydrogen-bond donors (Lipinski definition) is 0. The lowest BCUT2D eigenvalue weighted by atomic mass is 9.94. The molecule has 1 atom stereocenters. The molecular weight excluding hydrogens is 368 g/mol. The van der Waals surface area contributed by atoms with Crippen LogP contribution in [0.1, 0.15) is 47.0 Å². The molecule has 1 aromatic carbocycles. The maximum absolute atomic E-state index is 5.97. The van der Waals surface area contributed by atoms with Gasteiger partial charge in [-0.3, -0.25) is 4.98 Å². The minimum Gasteiger partial charge on any atom is -0.340 e. The molecule has 0 radical (unpaired) electrons. The predicted molar refractivity (Wildman–Crippen MR) is 114 cm³/mol. The topological polar surface area (TPSA) is 41.9 Å². The number of hydrogen-bond acceptors (Lipinski definition) is 4. The van der Waals surface area contributed by atoms with Crippen molar-refractivity contribution in [3.8, 4) is 0 Å². The Morgan fingerprint density at radius 1 is 1.00 bits per heavy atom. The average Bonchev–Trinajstić information content (AvgIpc) is 2.70. The van der Waals surface area contributed by atoms with E-state index < -0.39 is 0 Å². The lowest BCUT2D eigenvalue weighted by Gasteiger charge is -2.32. The lowest BCUT2D eigenvalue weighted by molar-refractivity contribution is 0.494. The molecule has 0 bridgehead atoms. The van der Waals surface area contributed by atoms with Gasteiger partial charge in [-0.25, -0.2) is 9.97 Å². The third-order valence-corrected chi connectivity index (χ3v) is 5.51. The maximum Gasteiger partial charge on any atom is 0.225 e. The van der Waals surface area contributed by atoms with E-state index in [-0.39, 0.29) is 0 Å². The van der Waals surface area contributed by atoms with Crippen LogP contribution < -0.4 is 4.90 Å². The molecule has 2 aromatic heterocycles. The van der Waals surface area contributed by atoms with Gasteiger partial charge in [-0.05, 0) is 68.5 Å². The second kappa shape index (κ2) is 8.27. The van der Waals surface area contributed by atoms with Gasteiger partial charge in [-0.2, -0.15) is 0 Å². The standard InChI is InChI=1S/C23H25ClN4/c1-16-12-17(2)27-23(26-16)28-11-3-4-20(15-28)22-10-7-19(14-25-22)13-18-5-8-21(24)9-6-18/h5-10,12,14,20H,3-4,11,13,15H2,1-2H3. The Morgan fingerprint density at radius 3 is 2.39 bits per heavy atom. The highest BCUT2D eigenvalue weighted by Crippen LogP contribution is 2.28. The smallest absolute Gasteiger partial charge is 0.225 e. The van der Waals surface area contributed by atoms with Crippen LogP contribution in [0.25, 0.3) is 0 Å². The first-order chi connectivity index (χ1) is 13.6. The Morgan fingerprint density at radius 2 is 1.71 bits per heavy atom. The van der Waals surface area contributed by atoms with Crippen LogP contribution in [0.4, 0.5) is 5.95 Å². The van der Waals surface area contributed by atoms with Crippen LogP contribution in [0.3, 0.4) is 0 Å². The summed E-state index contributed by atoms with van der Waals surface area (Å²) in [5.74, 6) is 1.27. The molecule has 5 heteroatoms. The summed E-state index contributed by atoms with van der Waals surface area (Å²) in [6, 6.07) is 14.4. The van der Waals surface area contributed by atoms with Crippen molar-refractivity contribution in [1.82, 2.24) is 15.0 Å². The number of piperidine rings is 1. The van der Waals surface area contributed by atoms with Crippen LogP contribution >= 0.6 is 11.6 Å². The van der Waals surface area contributed by atoms with E-state index in [9.17, 15) is 0 Å². The van der Waals surface area contributed by atoms with Gasteiger partial charge in [0, 0.05) is 47.3 Å². The normalized spacial score (nSPS) is 17.0. The molecule has 0 amide bonds. The van der Waals surface area contributed by atoms with Gasteiger partial charge in [0.05, 0.1) is 0 Å². The fourth-order valence-corrected chi connectivity index (χ4v) is 3.99. The Labute approximate surface area is 171 Å². The molecule has 28 heavy (non-hydrogen) atoms. The molecule has 1 aliphatic heterocycles. The van der Waals surface area contributed by atoms with Crippen LogP contribution in [-0.2, 0) is 6.42 Å². The van der Waals surface area contributed by atoms with Gasteiger partial charge in [-0.15, -0.1) is 0 Å². The van der Waals surface area contributed by atoms with Crippen molar-refractivity contribution in [2.45, 2.75) is 39.0 Å². The largest absolute Gasteiger partial charge is 0.340 e. The van der Waals surface area contributed by atoms with Gasteiger partial charge < -0.3 is 4.90 Å². The summed E-state index contributed by atoms with van der Waals surface area (Å²) in [5, 5.41) is 0.770. The van der Waals surface area contributed by atoms with E-state index in [1.54, 1.807) is 0 Å². The third kappa shape index (κ3) is 4.50. The van der Waals surface area contributed by atoms with Crippen LogP contribution in [0.15, 0.2) is 48.7 Å². The van der Waals surface area contributed by atoms with Crippen LogP contribution in [0.5, 0.6) is 0 Å². The molecular formula is C23H25ClN4. The first-order valence-electron chi connectivity index (χ1n) is 9.83. The SMILES string of the molecule is Cc1cc(C)nc(N2CCCC(c3ccc(Cc4ccc(Cl)cc4)cn3)C2)n1. The molecule has 3 heterocycles. The zero-order valence-corrected chi connectivity index (χ0v) is 17.2. The molecule has 1 unspecified atom stereocenters. The lowest BCUT2D eigenvalue weighted by Crippen LogP contribution is -2.36. The average molecular weight is 393 g/mol. The van der Waals surface area contributed by atoms with Crippen molar-refractivity contribution in [2.24, 2.45) is 0 Å². The Hall–Kier alpha value is -2.46. The van der Waals surface area contributed by atoms with E-state index >= 15 is 0 Å². The number of rotatable bonds is 4. The van der Waals surface area contributed by atoms with Crippen molar-refractivity contribution in [2.75, 3.05) is 18.0 Å². The van der Waals surface area contributed by atoms with Crippen LogP contribution in [0.2, 0.25) is 5.02 Å². The minimum absolute atomic E-state index is 0.419. The number of halogens is 1. The molecule has 0 spiro atoms. The molecule has 1 aliphatic rings. The van der Waals surface area contributed by atoms with E-state index in [0.717, 1.165) is 60.4 Å². The third-order valence-electron chi connectivity index (χ3n) is 5.26. The number of aromatic nitrogens is 3. The number of aryl methyl sites for hydroxylation is 2. The van der Waals surface area contributed by atoms with Crippen LogP contribution in [-0.4, -0.2) is 28.0 Å². The molecule has 0 saturated carbocycles. The molecule has 4 rings (SSSR count). The van der Waals surface area contributed by atoms with E-state index in [1.807, 2.05) is 38.2 Å². The number of pyridine rings is 1. The molecule has 0 aliphatic carbocycles. The fraction of sp³-hybridized carbons (Fsp3) is 0.348. The van der Waals surface area contributed by atoms with Crippen molar-refractivity contribution in [1.29, 1.82) is 0 Å². The Balaban J connectivity index is 1.45.